The van der Waals surface area contributed by atoms with Crippen LogP contribution in [-0.2, 0) is 4.79 Å². The molecule has 3 aromatic rings. The third-order valence-electron chi connectivity index (χ3n) is 4.90. The number of fused-ring (bicyclic) bond motifs is 3. The van der Waals surface area contributed by atoms with Crippen molar-refractivity contribution in [1.29, 1.82) is 0 Å². The van der Waals surface area contributed by atoms with Crippen LogP contribution < -0.4 is 15.8 Å². The van der Waals surface area contributed by atoms with E-state index in [1.54, 1.807) is 10.6 Å². The van der Waals surface area contributed by atoms with Crippen molar-refractivity contribution >= 4 is 28.4 Å². The molecule has 0 bridgehead atoms. The number of pyridine rings is 1. The smallest absolute Gasteiger partial charge is 0.252 e. The third kappa shape index (κ3) is 2.63. The van der Waals surface area contributed by atoms with Crippen LogP contribution >= 0.6 is 0 Å². The summed E-state index contributed by atoms with van der Waals surface area (Å²) in [6, 6.07) is 7.22. The summed E-state index contributed by atoms with van der Waals surface area (Å²) in [5.74, 6) is 0.388. The number of nitrogens with two attached hydrogens (primary N) is 1. The Morgan fingerprint density at radius 2 is 2.31 bits per heavy atom. The molecule has 8 nitrogen and oxygen atoms in total. The molecule has 26 heavy (non-hydrogen) atoms. The van der Waals surface area contributed by atoms with E-state index in [0.717, 1.165) is 11.8 Å². The lowest BCUT2D eigenvalue weighted by atomic mass is 9.98. The SMILES string of the molecule is CC[C@@H]1CC(=O)N[C@@H]1COc1cccc2cc(C(N)=O)c3ncnn3c12. The number of nitrogens with zero attached hydrogens (tertiary/aromatic N) is 3. The molecule has 2 amide bonds. The van der Waals surface area contributed by atoms with E-state index in [4.69, 9.17) is 10.5 Å². The Kier molecular flexibility index (Phi) is 3.95. The molecule has 2 aromatic heterocycles. The third-order valence-corrected chi connectivity index (χ3v) is 4.90. The van der Waals surface area contributed by atoms with Crippen LogP contribution in [0.25, 0.3) is 16.6 Å². The van der Waals surface area contributed by atoms with Crippen LogP contribution in [0.15, 0.2) is 30.6 Å². The normalized spacial score (nSPS) is 19.8. The molecular formula is C18H19N5O3. The van der Waals surface area contributed by atoms with Crippen molar-refractivity contribution in [3.8, 4) is 5.75 Å². The first-order valence-corrected chi connectivity index (χ1v) is 8.56. The van der Waals surface area contributed by atoms with Gasteiger partial charge in [-0.05, 0) is 18.1 Å². The molecule has 1 aromatic carbocycles. The number of nitrogens with one attached hydrogen (secondary N) is 1. The molecular weight excluding hydrogens is 334 g/mol. The number of ether oxygens (including phenoxy) is 1. The molecule has 4 rings (SSSR count). The Balaban J connectivity index is 1.73. The number of rotatable bonds is 5. The maximum atomic E-state index is 11.7. The molecule has 2 atom stereocenters. The van der Waals surface area contributed by atoms with Crippen LogP contribution in [0.3, 0.4) is 0 Å². The highest BCUT2D eigenvalue weighted by molar-refractivity contribution is 6.03. The highest BCUT2D eigenvalue weighted by atomic mass is 16.5. The molecule has 1 aliphatic heterocycles. The first kappa shape index (κ1) is 16.3. The Hall–Kier alpha value is -3.16. The maximum absolute atomic E-state index is 11.7. The first-order valence-electron chi connectivity index (χ1n) is 8.56. The Bertz CT molecular complexity index is 1010. The summed E-state index contributed by atoms with van der Waals surface area (Å²) in [6.07, 6.45) is 2.83. The van der Waals surface area contributed by atoms with Gasteiger partial charge in [-0.3, -0.25) is 9.59 Å². The van der Waals surface area contributed by atoms with E-state index < -0.39 is 5.91 Å². The van der Waals surface area contributed by atoms with E-state index in [-0.39, 0.29) is 17.9 Å². The summed E-state index contributed by atoms with van der Waals surface area (Å²) in [4.78, 5) is 27.5. The Labute approximate surface area is 149 Å². The zero-order chi connectivity index (χ0) is 18.3. The van der Waals surface area contributed by atoms with E-state index >= 15 is 0 Å². The van der Waals surface area contributed by atoms with Gasteiger partial charge >= 0.3 is 0 Å². The zero-order valence-corrected chi connectivity index (χ0v) is 14.3. The Morgan fingerprint density at radius 1 is 1.46 bits per heavy atom. The van der Waals surface area contributed by atoms with Crippen LogP contribution in [0.2, 0.25) is 0 Å². The molecule has 1 saturated heterocycles. The monoisotopic (exact) mass is 353 g/mol. The van der Waals surface area contributed by atoms with Crippen LogP contribution in [0.4, 0.5) is 0 Å². The molecule has 3 N–H and O–H groups in total. The number of hydrogen-bond donors (Lipinski definition) is 2. The highest BCUT2D eigenvalue weighted by Gasteiger charge is 2.31. The number of primary amides is 1. The van der Waals surface area contributed by atoms with Gasteiger partial charge < -0.3 is 15.8 Å². The highest BCUT2D eigenvalue weighted by Crippen LogP contribution is 2.29. The van der Waals surface area contributed by atoms with E-state index in [1.807, 2.05) is 18.2 Å². The minimum atomic E-state index is -0.560. The summed E-state index contributed by atoms with van der Waals surface area (Å²) in [6.45, 7) is 2.44. The number of benzene rings is 1. The van der Waals surface area contributed by atoms with E-state index in [0.29, 0.717) is 35.5 Å². The van der Waals surface area contributed by atoms with Crippen LogP contribution in [0.1, 0.15) is 30.1 Å². The first-order chi connectivity index (χ1) is 12.6. The van der Waals surface area contributed by atoms with E-state index in [1.165, 1.54) is 6.33 Å². The standard InChI is InChI=1S/C18H19N5O3/c1-2-10-7-15(24)22-13(10)8-26-14-5-3-4-11-6-12(17(19)25)18-20-9-21-23(18)16(11)14/h3-6,9-10,13H,2,7-8H2,1H3,(H2,19,25)(H,22,24)/t10-,13-/m1/s1. The second-order valence-electron chi connectivity index (χ2n) is 6.47. The van der Waals surface area contributed by atoms with Gasteiger partial charge in [0.15, 0.2) is 5.65 Å². The molecule has 8 heteroatoms. The van der Waals surface area contributed by atoms with Crippen molar-refractivity contribution in [2.75, 3.05) is 6.61 Å². The molecule has 0 saturated carbocycles. The average Bonchev–Trinajstić information content (AvgIpc) is 3.25. The van der Waals surface area contributed by atoms with Gasteiger partial charge in [-0.25, -0.2) is 9.50 Å². The van der Waals surface area contributed by atoms with E-state index in [9.17, 15) is 9.59 Å². The minimum Gasteiger partial charge on any atom is -0.489 e. The average molecular weight is 353 g/mol. The van der Waals surface area contributed by atoms with Crippen LogP contribution in [-0.4, -0.2) is 39.1 Å². The fraction of sp³-hybridized carbons (Fsp3) is 0.333. The molecule has 0 spiro atoms. The number of aromatic nitrogens is 3. The summed E-state index contributed by atoms with van der Waals surface area (Å²) in [5, 5.41) is 7.97. The minimum absolute atomic E-state index is 0.0149. The quantitative estimate of drug-likeness (QED) is 0.717. The molecule has 3 heterocycles. The van der Waals surface area contributed by atoms with Gasteiger partial charge in [0, 0.05) is 11.8 Å². The summed E-state index contributed by atoms with van der Waals surface area (Å²) >= 11 is 0. The fourth-order valence-electron chi connectivity index (χ4n) is 3.54. The number of carbonyl (C=O) groups is 2. The zero-order valence-electron chi connectivity index (χ0n) is 14.3. The number of para-hydroxylation sites is 1. The van der Waals surface area contributed by atoms with Crippen molar-refractivity contribution in [2.45, 2.75) is 25.8 Å². The number of hydrogen-bond acceptors (Lipinski definition) is 5. The topological polar surface area (TPSA) is 112 Å². The van der Waals surface area contributed by atoms with Gasteiger partial charge in [-0.15, -0.1) is 0 Å². The second-order valence-corrected chi connectivity index (χ2v) is 6.47. The van der Waals surface area contributed by atoms with Gasteiger partial charge in [0.2, 0.25) is 5.91 Å². The van der Waals surface area contributed by atoms with E-state index in [2.05, 4.69) is 22.3 Å². The van der Waals surface area contributed by atoms with Crippen molar-refractivity contribution in [3.63, 3.8) is 0 Å². The van der Waals surface area contributed by atoms with Gasteiger partial charge in [-0.2, -0.15) is 5.10 Å². The van der Waals surface area contributed by atoms with Crippen molar-refractivity contribution in [1.82, 2.24) is 19.9 Å². The number of amides is 2. The van der Waals surface area contributed by atoms with Gasteiger partial charge in [0.25, 0.3) is 5.91 Å². The lowest BCUT2D eigenvalue weighted by molar-refractivity contribution is -0.119. The molecule has 0 radical (unpaired) electrons. The van der Waals surface area contributed by atoms with Crippen molar-refractivity contribution in [3.05, 3.63) is 36.2 Å². The van der Waals surface area contributed by atoms with Crippen LogP contribution in [0.5, 0.6) is 5.75 Å². The largest absolute Gasteiger partial charge is 0.489 e. The van der Waals surface area contributed by atoms with Crippen molar-refractivity contribution in [2.24, 2.45) is 11.7 Å². The molecule has 134 valence electrons. The van der Waals surface area contributed by atoms with Crippen molar-refractivity contribution < 1.29 is 14.3 Å². The Morgan fingerprint density at radius 3 is 3.08 bits per heavy atom. The predicted molar refractivity (Wildman–Crippen MR) is 94.8 cm³/mol. The fourth-order valence-corrected chi connectivity index (χ4v) is 3.54. The summed E-state index contributed by atoms with van der Waals surface area (Å²) < 4.78 is 7.61. The van der Waals surface area contributed by atoms with Gasteiger partial charge in [0.1, 0.15) is 24.2 Å². The lowest BCUT2D eigenvalue weighted by Crippen LogP contribution is -2.34. The molecule has 0 unspecified atom stereocenters. The molecule has 1 aliphatic rings. The van der Waals surface area contributed by atoms with Gasteiger partial charge in [0.05, 0.1) is 11.6 Å². The van der Waals surface area contributed by atoms with Crippen LogP contribution in [0, 0.1) is 5.92 Å². The molecule has 1 fully saturated rings. The predicted octanol–water partition coefficient (Wildman–Crippen LogP) is 1.27. The molecule has 0 aliphatic carbocycles. The maximum Gasteiger partial charge on any atom is 0.252 e. The lowest BCUT2D eigenvalue weighted by Gasteiger charge is -2.19. The summed E-state index contributed by atoms with van der Waals surface area (Å²) in [5.41, 5.74) is 6.87. The second kappa shape index (κ2) is 6.29. The van der Waals surface area contributed by atoms with Gasteiger partial charge in [-0.1, -0.05) is 25.5 Å². The number of carbonyl (C=O) groups excluding carboxylic acids is 2. The summed E-state index contributed by atoms with van der Waals surface area (Å²) in [7, 11) is 0.